The molecule has 0 bridgehead atoms. The largest absolute Gasteiger partial charge is 0.396 e. The van der Waals surface area contributed by atoms with Gasteiger partial charge in [0.25, 0.3) is 5.91 Å². The van der Waals surface area contributed by atoms with E-state index >= 15 is 0 Å². The van der Waals surface area contributed by atoms with Crippen molar-refractivity contribution in [3.63, 3.8) is 0 Å². The highest BCUT2D eigenvalue weighted by Gasteiger charge is 2.08. The van der Waals surface area contributed by atoms with Gasteiger partial charge in [-0.3, -0.25) is 4.79 Å². The molecule has 0 spiro atoms. The third-order valence-electron chi connectivity index (χ3n) is 1.82. The molecule has 1 aromatic rings. The first-order valence-corrected chi connectivity index (χ1v) is 5.10. The Bertz CT molecular complexity index is 283. The van der Waals surface area contributed by atoms with Crippen LogP contribution in [0.15, 0.2) is 11.4 Å². The van der Waals surface area contributed by atoms with Gasteiger partial charge in [-0.25, -0.2) is 0 Å². The van der Waals surface area contributed by atoms with Crippen LogP contribution in [0, 0.1) is 0 Å². The fraction of sp³-hybridized carbons (Fsp3) is 0.444. The topological polar surface area (TPSA) is 63.3 Å². The zero-order valence-corrected chi connectivity index (χ0v) is 8.14. The fourth-order valence-electron chi connectivity index (χ4n) is 1.18. The van der Waals surface area contributed by atoms with E-state index in [-0.39, 0.29) is 12.5 Å². The van der Waals surface area contributed by atoms with E-state index in [0.29, 0.717) is 4.88 Å². The molecule has 0 saturated heterocycles. The van der Waals surface area contributed by atoms with Gasteiger partial charge >= 0.3 is 0 Å². The lowest BCUT2D eigenvalue weighted by molar-refractivity contribution is 0.100. The smallest absolute Gasteiger partial charge is 0.259 e. The van der Waals surface area contributed by atoms with Gasteiger partial charge in [0.2, 0.25) is 0 Å². The molecule has 1 rings (SSSR count). The molecule has 0 aromatic carbocycles. The van der Waals surface area contributed by atoms with Crippen molar-refractivity contribution in [2.75, 3.05) is 6.61 Å². The Balaban J connectivity index is 2.55. The van der Waals surface area contributed by atoms with Gasteiger partial charge in [0.15, 0.2) is 0 Å². The fourth-order valence-corrected chi connectivity index (χ4v) is 1.98. The van der Waals surface area contributed by atoms with E-state index < -0.39 is 0 Å². The van der Waals surface area contributed by atoms with Crippen molar-refractivity contribution in [1.82, 2.24) is 0 Å². The third-order valence-corrected chi connectivity index (χ3v) is 2.80. The number of carbonyl (C=O) groups excluding carboxylic acids is 1. The zero-order chi connectivity index (χ0) is 9.68. The van der Waals surface area contributed by atoms with Crippen LogP contribution in [0.25, 0.3) is 0 Å². The number of rotatable bonds is 5. The molecule has 3 N–H and O–H groups in total. The first kappa shape index (κ1) is 10.2. The van der Waals surface area contributed by atoms with Gasteiger partial charge in [0, 0.05) is 6.61 Å². The summed E-state index contributed by atoms with van der Waals surface area (Å²) in [5.74, 6) is -0.353. The number of primary amides is 1. The lowest BCUT2D eigenvalue weighted by Gasteiger charge is -1.98. The lowest BCUT2D eigenvalue weighted by Crippen LogP contribution is -2.11. The summed E-state index contributed by atoms with van der Waals surface area (Å²) in [6.45, 7) is 0.204. The maximum atomic E-state index is 10.9. The quantitative estimate of drug-likeness (QED) is 0.699. The highest BCUT2D eigenvalue weighted by Crippen LogP contribution is 2.17. The highest BCUT2D eigenvalue weighted by molar-refractivity contribution is 7.12. The summed E-state index contributed by atoms with van der Waals surface area (Å²) in [6.07, 6.45) is 2.49. The maximum absolute atomic E-state index is 10.9. The number of thiophene rings is 1. The molecule has 0 saturated carbocycles. The maximum Gasteiger partial charge on any atom is 0.259 e. The number of carbonyl (C=O) groups is 1. The summed E-state index contributed by atoms with van der Waals surface area (Å²) in [7, 11) is 0. The number of aryl methyl sites for hydroxylation is 1. The average Bonchev–Trinajstić information content (AvgIpc) is 2.53. The van der Waals surface area contributed by atoms with Crippen molar-refractivity contribution in [1.29, 1.82) is 0 Å². The van der Waals surface area contributed by atoms with E-state index in [1.54, 1.807) is 0 Å². The number of amides is 1. The number of aliphatic hydroxyl groups excluding tert-OH is 1. The van der Waals surface area contributed by atoms with Gasteiger partial charge in [-0.1, -0.05) is 0 Å². The first-order chi connectivity index (χ1) is 6.25. The Morgan fingerprint density at radius 1 is 1.54 bits per heavy atom. The normalized spacial score (nSPS) is 10.2. The number of aliphatic hydroxyl groups is 1. The molecule has 13 heavy (non-hydrogen) atoms. The van der Waals surface area contributed by atoms with Crippen LogP contribution in [0.5, 0.6) is 0 Å². The van der Waals surface area contributed by atoms with Gasteiger partial charge in [0.1, 0.15) is 0 Å². The van der Waals surface area contributed by atoms with Crippen molar-refractivity contribution in [3.05, 3.63) is 21.9 Å². The van der Waals surface area contributed by atoms with Gasteiger partial charge in [-0.05, 0) is 36.3 Å². The van der Waals surface area contributed by atoms with Crippen LogP contribution in [0.3, 0.4) is 0 Å². The molecular formula is C9H13NO2S. The van der Waals surface area contributed by atoms with Crippen molar-refractivity contribution in [2.24, 2.45) is 5.73 Å². The molecule has 0 radical (unpaired) electrons. The Kier molecular flexibility index (Phi) is 3.92. The molecule has 72 valence electrons. The Hall–Kier alpha value is -0.870. The summed E-state index contributed by atoms with van der Waals surface area (Å²) in [6, 6.07) is 1.92. The van der Waals surface area contributed by atoms with E-state index in [9.17, 15) is 4.79 Å². The van der Waals surface area contributed by atoms with Crippen LogP contribution in [-0.2, 0) is 6.42 Å². The summed E-state index contributed by atoms with van der Waals surface area (Å²) in [4.78, 5) is 11.5. The molecule has 4 heteroatoms. The average molecular weight is 199 g/mol. The van der Waals surface area contributed by atoms with E-state index in [1.165, 1.54) is 11.3 Å². The van der Waals surface area contributed by atoms with Crippen molar-refractivity contribution >= 4 is 17.2 Å². The van der Waals surface area contributed by atoms with Crippen molar-refractivity contribution in [2.45, 2.75) is 19.3 Å². The van der Waals surface area contributed by atoms with Crippen molar-refractivity contribution < 1.29 is 9.90 Å². The lowest BCUT2D eigenvalue weighted by atomic mass is 10.1. The molecule has 0 aliphatic carbocycles. The molecule has 3 nitrogen and oxygen atoms in total. The molecule has 0 aliphatic rings. The van der Waals surface area contributed by atoms with Crippen LogP contribution in [0.1, 0.15) is 28.1 Å². The van der Waals surface area contributed by atoms with Crippen LogP contribution in [-0.4, -0.2) is 17.6 Å². The van der Waals surface area contributed by atoms with Gasteiger partial charge in [-0.2, -0.15) is 0 Å². The molecule has 0 aliphatic heterocycles. The van der Waals surface area contributed by atoms with E-state index in [0.717, 1.165) is 24.8 Å². The number of nitrogens with two attached hydrogens (primary N) is 1. The number of hydrogen-bond donors (Lipinski definition) is 2. The summed E-state index contributed by atoms with van der Waals surface area (Å²) < 4.78 is 0. The SMILES string of the molecule is NC(=O)c1sccc1CCCCO. The minimum atomic E-state index is -0.353. The second-order valence-corrected chi connectivity index (χ2v) is 3.74. The molecule has 0 fully saturated rings. The molecule has 1 heterocycles. The van der Waals surface area contributed by atoms with Gasteiger partial charge in [0.05, 0.1) is 4.88 Å². The molecule has 0 atom stereocenters. The first-order valence-electron chi connectivity index (χ1n) is 4.22. The van der Waals surface area contributed by atoms with E-state index in [4.69, 9.17) is 10.8 Å². The van der Waals surface area contributed by atoms with Gasteiger partial charge < -0.3 is 10.8 Å². The third kappa shape index (κ3) is 2.82. The van der Waals surface area contributed by atoms with Gasteiger partial charge in [-0.15, -0.1) is 11.3 Å². The van der Waals surface area contributed by atoms with Crippen LogP contribution in [0.4, 0.5) is 0 Å². The summed E-state index contributed by atoms with van der Waals surface area (Å²) in [5, 5.41) is 10.5. The minimum absolute atomic E-state index is 0.204. The van der Waals surface area contributed by atoms with E-state index in [1.807, 2.05) is 11.4 Å². The Morgan fingerprint density at radius 3 is 2.92 bits per heavy atom. The van der Waals surface area contributed by atoms with Crippen molar-refractivity contribution in [3.8, 4) is 0 Å². The second-order valence-electron chi connectivity index (χ2n) is 2.82. The number of unbranched alkanes of at least 4 members (excludes halogenated alkanes) is 1. The monoisotopic (exact) mass is 199 g/mol. The van der Waals surface area contributed by atoms with Crippen LogP contribution in [0.2, 0.25) is 0 Å². The molecule has 0 unspecified atom stereocenters. The molecular weight excluding hydrogens is 186 g/mol. The van der Waals surface area contributed by atoms with E-state index in [2.05, 4.69) is 0 Å². The van der Waals surface area contributed by atoms with Crippen LogP contribution >= 0.6 is 11.3 Å². The Morgan fingerprint density at radius 2 is 2.31 bits per heavy atom. The predicted octanol–water partition coefficient (Wildman–Crippen LogP) is 1.16. The Labute approximate surface area is 81.2 Å². The molecule has 1 aromatic heterocycles. The summed E-state index contributed by atoms with van der Waals surface area (Å²) >= 11 is 1.38. The number of hydrogen-bond acceptors (Lipinski definition) is 3. The second kappa shape index (κ2) is 4.99. The summed E-state index contributed by atoms with van der Waals surface area (Å²) in [5.41, 5.74) is 6.19. The zero-order valence-electron chi connectivity index (χ0n) is 7.32. The standard InChI is InChI=1S/C9H13NO2S/c10-9(12)8-7(4-6-13-8)3-1-2-5-11/h4,6,11H,1-3,5H2,(H2,10,12). The molecule has 1 amide bonds. The predicted molar refractivity (Wildman–Crippen MR) is 52.9 cm³/mol. The van der Waals surface area contributed by atoms with Crippen LogP contribution < -0.4 is 5.73 Å². The highest BCUT2D eigenvalue weighted by atomic mass is 32.1. The minimum Gasteiger partial charge on any atom is -0.396 e.